The average molecular weight is 517 g/mol. The van der Waals surface area contributed by atoms with Crippen molar-refractivity contribution in [2.75, 3.05) is 45.2 Å². The van der Waals surface area contributed by atoms with E-state index in [1.54, 1.807) is 6.20 Å². The maximum absolute atomic E-state index is 13.3. The maximum Gasteiger partial charge on any atom is 0.251 e. The van der Waals surface area contributed by atoms with E-state index in [0.717, 1.165) is 80.6 Å². The van der Waals surface area contributed by atoms with Crippen LogP contribution in [0.25, 0.3) is 0 Å². The van der Waals surface area contributed by atoms with E-state index in [1.165, 1.54) is 0 Å². The third-order valence-electron chi connectivity index (χ3n) is 8.10. The molecule has 3 aromatic rings. The Labute approximate surface area is 223 Å². The molecule has 1 atom stereocenters. The SMILES string of the molecule is CN1CCC(Nc2cccc(C(=O)N[C@H]3CCOc4cccnc43)c2)(c2n[nH]c(C3CCNCC3)n2)CC1. The molecule has 1 aromatic carbocycles. The summed E-state index contributed by atoms with van der Waals surface area (Å²) in [7, 11) is 2.15. The Hall–Kier alpha value is -3.50. The van der Waals surface area contributed by atoms with Crippen LogP contribution in [0.1, 0.15) is 71.8 Å². The summed E-state index contributed by atoms with van der Waals surface area (Å²) in [6.45, 7) is 4.47. The first-order valence-electron chi connectivity index (χ1n) is 13.7. The molecule has 6 rings (SSSR count). The molecule has 10 heteroatoms. The van der Waals surface area contributed by atoms with Gasteiger partial charge in [-0.1, -0.05) is 6.07 Å². The Bertz CT molecular complexity index is 1260. The van der Waals surface area contributed by atoms with Gasteiger partial charge in [0.05, 0.1) is 12.6 Å². The van der Waals surface area contributed by atoms with Gasteiger partial charge in [0, 0.05) is 42.9 Å². The molecule has 2 fully saturated rings. The molecule has 3 aliphatic rings. The molecule has 0 radical (unpaired) electrons. The lowest BCUT2D eigenvalue weighted by Gasteiger charge is -2.40. The quantitative estimate of drug-likeness (QED) is 0.395. The van der Waals surface area contributed by atoms with Crippen molar-refractivity contribution in [2.45, 2.75) is 49.6 Å². The Morgan fingerprint density at radius 2 is 1.97 bits per heavy atom. The highest BCUT2D eigenvalue weighted by atomic mass is 16.5. The maximum atomic E-state index is 13.3. The summed E-state index contributed by atoms with van der Waals surface area (Å²) in [6, 6.07) is 11.3. The highest BCUT2D eigenvalue weighted by Gasteiger charge is 2.40. The van der Waals surface area contributed by atoms with Gasteiger partial charge in [-0.15, -0.1) is 0 Å². The van der Waals surface area contributed by atoms with Gasteiger partial charge in [0.15, 0.2) is 5.82 Å². The fourth-order valence-corrected chi connectivity index (χ4v) is 5.78. The van der Waals surface area contributed by atoms with E-state index in [9.17, 15) is 4.79 Å². The fourth-order valence-electron chi connectivity index (χ4n) is 5.78. The number of H-pyrrole nitrogens is 1. The standard InChI is InChI=1S/C28H36N8O2/c1-36-15-10-28(11-16-36,27-32-25(34-35-27)19-7-13-29-14-8-19)33-21-5-2-4-20(18-21)26(37)31-22-9-17-38-23-6-3-12-30-24(22)23/h2-6,12,18-19,22,29,33H,7-11,13-17H2,1H3,(H,31,37)(H,32,34,35)/t22-/m0/s1. The number of hydrogen-bond acceptors (Lipinski definition) is 8. The predicted octanol–water partition coefficient (Wildman–Crippen LogP) is 2.95. The first-order chi connectivity index (χ1) is 18.6. The second-order valence-corrected chi connectivity index (χ2v) is 10.7. The van der Waals surface area contributed by atoms with E-state index >= 15 is 0 Å². The van der Waals surface area contributed by atoms with Crippen LogP contribution in [-0.2, 0) is 5.54 Å². The Morgan fingerprint density at radius 1 is 1.13 bits per heavy atom. The lowest BCUT2D eigenvalue weighted by molar-refractivity contribution is 0.0923. The van der Waals surface area contributed by atoms with Crippen molar-refractivity contribution in [3.8, 4) is 5.75 Å². The second-order valence-electron chi connectivity index (χ2n) is 10.7. The van der Waals surface area contributed by atoms with Gasteiger partial charge in [-0.3, -0.25) is 14.9 Å². The minimum absolute atomic E-state index is 0.124. The lowest BCUT2D eigenvalue weighted by atomic mass is 9.86. The zero-order chi connectivity index (χ0) is 26.0. The van der Waals surface area contributed by atoms with Crippen molar-refractivity contribution in [3.05, 3.63) is 65.5 Å². The van der Waals surface area contributed by atoms with Crippen LogP contribution in [0, 0.1) is 0 Å². The number of piperidine rings is 2. The molecule has 4 N–H and O–H groups in total. The van der Waals surface area contributed by atoms with Gasteiger partial charge in [0.25, 0.3) is 5.91 Å². The number of nitrogens with zero attached hydrogens (tertiary/aromatic N) is 4. The number of likely N-dealkylation sites (tertiary alicyclic amines) is 1. The molecule has 1 amide bonds. The van der Waals surface area contributed by atoms with Gasteiger partial charge < -0.3 is 25.6 Å². The van der Waals surface area contributed by atoms with E-state index in [-0.39, 0.29) is 11.9 Å². The van der Waals surface area contributed by atoms with Crippen LogP contribution < -0.4 is 20.7 Å². The zero-order valence-electron chi connectivity index (χ0n) is 21.9. The number of nitrogens with one attached hydrogen (secondary N) is 4. The van der Waals surface area contributed by atoms with E-state index in [0.29, 0.717) is 24.5 Å². The Balaban J connectivity index is 1.22. The zero-order valence-corrected chi connectivity index (χ0v) is 21.9. The number of aromatic amines is 1. The number of anilines is 1. The van der Waals surface area contributed by atoms with E-state index in [1.807, 2.05) is 36.4 Å². The summed E-state index contributed by atoms with van der Waals surface area (Å²) >= 11 is 0. The van der Waals surface area contributed by atoms with Gasteiger partial charge in [-0.2, -0.15) is 5.10 Å². The number of rotatable bonds is 6. The topological polar surface area (TPSA) is 120 Å². The van der Waals surface area contributed by atoms with Crippen LogP contribution in [0.15, 0.2) is 42.6 Å². The van der Waals surface area contributed by atoms with Crippen molar-refractivity contribution in [1.82, 2.24) is 35.7 Å². The molecule has 0 bridgehead atoms. The Kier molecular flexibility index (Phi) is 6.99. The summed E-state index contributed by atoms with van der Waals surface area (Å²) in [6.07, 6.45) is 6.33. The fraction of sp³-hybridized carbons (Fsp3) is 0.500. The smallest absolute Gasteiger partial charge is 0.251 e. The molecular formula is C28H36N8O2. The molecule has 2 aromatic heterocycles. The van der Waals surface area contributed by atoms with Crippen molar-refractivity contribution in [2.24, 2.45) is 0 Å². The van der Waals surface area contributed by atoms with Crippen molar-refractivity contribution < 1.29 is 9.53 Å². The largest absolute Gasteiger partial charge is 0.491 e. The third-order valence-corrected chi connectivity index (χ3v) is 8.10. The van der Waals surface area contributed by atoms with Gasteiger partial charge in [0.2, 0.25) is 0 Å². The number of carbonyl (C=O) groups is 1. The monoisotopic (exact) mass is 516 g/mol. The number of benzene rings is 1. The van der Waals surface area contributed by atoms with Crippen LogP contribution in [0.3, 0.4) is 0 Å². The number of aromatic nitrogens is 4. The number of ether oxygens (including phenoxy) is 1. The first kappa shape index (κ1) is 24.8. The van der Waals surface area contributed by atoms with Crippen LogP contribution in [0.5, 0.6) is 5.75 Å². The van der Waals surface area contributed by atoms with Gasteiger partial charge in [0.1, 0.15) is 22.8 Å². The second kappa shape index (κ2) is 10.7. The van der Waals surface area contributed by atoms with Crippen LogP contribution in [0.4, 0.5) is 5.69 Å². The van der Waals surface area contributed by atoms with Crippen LogP contribution >= 0.6 is 0 Å². The summed E-state index contributed by atoms with van der Waals surface area (Å²) < 4.78 is 5.70. The lowest BCUT2D eigenvalue weighted by Crippen LogP contribution is -2.46. The summed E-state index contributed by atoms with van der Waals surface area (Å²) in [5, 5.41) is 18.3. The highest BCUT2D eigenvalue weighted by Crippen LogP contribution is 2.36. The van der Waals surface area contributed by atoms with E-state index in [4.69, 9.17) is 14.8 Å². The molecule has 38 heavy (non-hydrogen) atoms. The molecule has 200 valence electrons. The first-order valence-corrected chi connectivity index (χ1v) is 13.7. The molecule has 0 unspecified atom stereocenters. The normalized spacial score (nSPS) is 21.8. The molecule has 0 aliphatic carbocycles. The molecule has 3 aliphatic heterocycles. The Morgan fingerprint density at radius 3 is 2.82 bits per heavy atom. The number of amides is 1. The molecular weight excluding hydrogens is 480 g/mol. The minimum atomic E-state index is -0.396. The molecule has 0 spiro atoms. The van der Waals surface area contributed by atoms with Crippen molar-refractivity contribution in [3.63, 3.8) is 0 Å². The van der Waals surface area contributed by atoms with Crippen molar-refractivity contribution >= 4 is 11.6 Å². The summed E-state index contributed by atoms with van der Waals surface area (Å²) in [4.78, 5) is 25.1. The van der Waals surface area contributed by atoms with E-state index in [2.05, 4.69) is 38.0 Å². The highest BCUT2D eigenvalue weighted by molar-refractivity contribution is 5.95. The molecule has 10 nitrogen and oxygen atoms in total. The number of pyridine rings is 1. The predicted molar refractivity (Wildman–Crippen MR) is 144 cm³/mol. The molecule has 2 saturated heterocycles. The van der Waals surface area contributed by atoms with Gasteiger partial charge in [-0.05, 0) is 76.2 Å². The van der Waals surface area contributed by atoms with Crippen molar-refractivity contribution in [1.29, 1.82) is 0 Å². The van der Waals surface area contributed by atoms with E-state index < -0.39 is 5.54 Å². The number of hydrogen-bond donors (Lipinski definition) is 4. The number of fused-ring (bicyclic) bond motifs is 1. The molecule has 0 saturated carbocycles. The summed E-state index contributed by atoms with van der Waals surface area (Å²) in [5.41, 5.74) is 1.88. The molecule has 5 heterocycles. The summed E-state index contributed by atoms with van der Waals surface area (Å²) in [5.74, 6) is 2.83. The van der Waals surface area contributed by atoms with Gasteiger partial charge >= 0.3 is 0 Å². The van der Waals surface area contributed by atoms with Crippen LogP contribution in [0.2, 0.25) is 0 Å². The number of carbonyl (C=O) groups excluding carboxylic acids is 1. The van der Waals surface area contributed by atoms with Gasteiger partial charge in [-0.25, -0.2) is 4.98 Å². The van der Waals surface area contributed by atoms with Crippen LogP contribution in [-0.4, -0.2) is 70.8 Å². The average Bonchev–Trinajstić information content (AvgIpc) is 3.47. The minimum Gasteiger partial charge on any atom is -0.491 e. The third kappa shape index (κ3) is 5.10.